The maximum absolute atomic E-state index is 4.40. The van der Waals surface area contributed by atoms with Gasteiger partial charge < -0.3 is 0 Å². The van der Waals surface area contributed by atoms with Crippen LogP contribution < -0.4 is 0 Å². The summed E-state index contributed by atoms with van der Waals surface area (Å²) in [4.78, 5) is 0. The molecule has 48 valence electrons. The van der Waals surface area contributed by atoms with Gasteiger partial charge in [-0.3, -0.25) is 0 Å². The average molecular weight is 130 g/mol. The molecule has 1 aliphatic rings. The minimum Gasteiger partial charge on any atom is -0.176 e. The minimum absolute atomic E-state index is 0.714. The molecule has 0 aliphatic heterocycles. The van der Waals surface area contributed by atoms with E-state index in [1.165, 1.54) is 25.7 Å². The van der Waals surface area contributed by atoms with Gasteiger partial charge in [-0.05, 0) is 31.6 Å². The van der Waals surface area contributed by atoms with Crippen LogP contribution in [0.5, 0.6) is 0 Å². The van der Waals surface area contributed by atoms with Gasteiger partial charge in [0, 0.05) is 5.25 Å². The molecule has 0 aromatic carbocycles. The second-order valence-electron chi connectivity index (χ2n) is 2.91. The summed E-state index contributed by atoms with van der Waals surface area (Å²) in [5.41, 5.74) is 0. The highest BCUT2D eigenvalue weighted by molar-refractivity contribution is 7.80. The van der Waals surface area contributed by atoms with Gasteiger partial charge in [0.05, 0.1) is 0 Å². The highest BCUT2D eigenvalue weighted by Gasteiger charge is 2.13. The van der Waals surface area contributed by atoms with E-state index >= 15 is 0 Å². The lowest BCUT2D eigenvalue weighted by Gasteiger charge is -2.21. The van der Waals surface area contributed by atoms with Crippen molar-refractivity contribution in [2.24, 2.45) is 5.92 Å². The van der Waals surface area contributed by atoms with E-state index in [1.807, 2.05) is 0 Å². The Hall–Kier alpha value is 0.350. The maximum Gasteiger partial charge on any atom is 0.00170 e. The van der Waals surface area contributed by atoms with Gasteiger partial charge in [-0.25, -0.2) is 0 Å². The second-order valence-corrected chi connectivity index (χ2v) is 3.64. The van der Waals surface area contributed by atoms with Crippen molar-refractivity contribution in [3.05, 3.63) is 0 Å². The molecule has 8 heavy (non-hydrogen) atoms. The van der Waals surface area contributed by atoms with E-state index in [0.29, 0.717) is 5.25 Å². The van der Waals surface area contributed by atoms with Crippen LogP contribution in [0.3, 0.4) is 0 Å². The number of thiol groups is 1. The van der Waals surface area contributed by atoms with Gasteiger partial charge >= 0.3 is 0 Å². The summed E-state index contributed by atoms with van der Waals surface area (Å²) in [6, 6.07) is 0. The van der Waals surface area contributed by atoms with E-state index in [0.717, 1.165) is 5.92 Å². The van der Waals surface area contributed by atoms with Gasteiger partial charge in [0.15, 0.2) is 0 Å². The van der Waals surface area contributed by atoms with Gasteiger partial charge in [0.25, 0.3) is 0 Å². The first-order chi connectivity index (χ1) is 3.79. The lowest BCUT2D eigenvalue weighted by Crippen LogP contribution is -2.11. The predicted molar refractivity (Wildman–Crippen MR) is 40.4 cm³/mol. The molecule has 0 aromatic heterocycles. The van der Waals surface area contributed by atoms with Gasteiger partial charge in [-0.1, -0.05) is 6.92 Å². The van der Waals surface area contributed by atoms with Crippen LogP contribution in [0.2, 0.25) is 0 Å². The van der Waals surface area contributed by atoms with Crippen LogP contribution in [-0.2, 0) is 0 Å². The summed E-state index contributed by atoms with van der Waals surface area (Å²) in [6.45, 7) is 2.33. The summed E-state index contributed by atoms with van der Waals surface area (Å²) in [5.74, 6) is 0.971. The van der Waals surface area contributed by atoms with Crippen molar-refractivity contribution in [1.82, 2.24) is 0 Å². The van der Waals surface area contributed by atoms with Gasteiger partial charge in [-0.15, -0.1) is 0 Å². The summed E-state index contributed by atoms with van der Waals surface area (Å²) < 4.78 is 0. The van der Waals surface area contributed by atoms with Crippen molar-refractivity contribution >= 4 is 12.6 Å². The Balaban J connectivity index is 2.19. The Labute approximate surface area is 57.1 Å². The maximum atomic E-state index is 4.40. The molecule has 0 nitrogen and oxygen atoms in total. The Bertz CT molecular complexity index is 52.8. The quantitative estimate of drug-likeness (QED) is 0.478. The Morgan fingerprint density at radius 2 is 1.62 bits per heavy atom. The molecule has 0 aromatic rings. The van der Waals surface area contributed by atoms with Crippen LogP contribution >= 0.6 is 12.6 Å². The van der Waals surface area contributed by atoms with Crippen molar-refractivity contribution in [2.45, 2.75) is 37.9 Å². The molecular formula is C7H14S. The van der Waals surface area contributed by atoms with E-state index < -0.39 is 0 Å². The standard InChI is InChI=1S/C7H14S/c1-6-2-4-7(8)5-3-6/h6-8H,2-5H2,1H3. The van der Waals surface area contributed by atoms with E-state index in [4.69, 9.17) is 0 Å². The predicted octanol–water partition coefficient (Wildman–Crippen LogP) is 2.49. The topological polar surface area (TPSA) is 0 Å². The third kappa shape index (κ3) is 1.70. The van der Waals surface area contributed by atoms with Crippen molar-refractivity contribution in [3.8, 4) is 0 Å². The first-order valence-electron chi connectivity index (χ1n) is 3.47. The molecule has 0 spiro atoms. The van der Waals surface area contributed by atoms with Crippen LogP contribution in [0, 0.1) is 5.92 Å². The van der Waals surface area contributed by atoms with Crippen molar-refractivity contribution in [1.29, 1.82) is 0 Å². The van der Waals surface area contributed by atoms with E-state index in [9.17, 15) is 0 Å². The third-order valence-corrected chi connectivity index (χ3v) is 2.50. The minimum atomic E-state index is 0.714. The van der Waals surface area contributed by atoms with Crippen molar-refractivity contribution in [2.75, 3.05) is 0 Å². The van der Waals surface area contributed by atoms with E-state index in [-0.39, 0.29) is 0 Å². The molecule has 0 bridgehead atoms. The Kier molecular flexibility index (Phi) is 2.24. The molecule has 1 heteroatoms. The Morgan fingerprint density at radius 1 is 1.12 bits per heavy atom. The van der Waals surface area contributed by atoms with Gasteiger partial charge in [0.1, 0.15) is 0 Å². The lowest BCUT2D eigenvalue weighted by molar-refractivity contribution is 0.394. The number of hydrogen-bond acceptors (Lipinski definition) is 1. The highest BCUT2D eigenvalue weighted by atomic mass is 32.1. The fourth-order valence-corrected chi connectivity index (χ4v) is 1.54. The summed E-state index contributed by atoms with van der Waals surface area (Å²) in [6.07, 6.45) is 5.47. The van der Waals surface area contributed by atoms with Crippen LogP contribution in [-0.4, -0.2) is 5.25 Å². The summed E-state index contributed by atoms with van der Waals surface area (Å²) >= 11 is 4.40. The molecular weight excluding hydrogens is 116 g/mol. The van der Waals surface area contributed by atoms with Crippen LogP contribution in [0.4, 0.5) is 0 Å². The third-order valence-electron chi connectivity index (χ3n) is 1.99. The summed E-state index contributed by atoms with van der Waals surface area (Å²) in [5, 5.41) is 0.714. The largest absolute Gasteiger partial charge is 0.176 e. The fraction of sp³-hybridized carbons (Fsp3) is 1.00. The van der Waals surface area contributed by atoms with Crippen molar-refractivity contribution in [3.63, 3.8) is 0 Å². The van der Waals surface area contributed by atoms with Gasteiger partial charge in [-0.2, -0.15) is 12.6 Å². The van der Waals surface area contributed by atoms with Crippen LogP contribution in [0.15, 0.2) is 0 Å². The molecule has 0 atom stereocenters. The van der Waals surface area contributed by atoms with Crippen LogP contribution in [0.25, 0.3) is 0 Å². The van der Waals surface area contributed by atoms with Gasteiger partial charge in [0.2, 0.25) is 0 Å². The summed E-state index contributed by atoms with van der Waals surface area (Å²) in [7, 11) is 0. The molecule has 1 saturated carbocycles. The second kappa shape index (κ2) is 2.77. The van der Waals surface area contributed by atoms with Crippen molar-refractivity contribution < 1.29 is 0 Å². The molecule has 0 N–H and O–H groups in total. The normalized spacial score (nSPS) is 39.8. The molecule has 0 radical (unpaired) electrons. The fourth-order valence-electron chi connectivity index (χ4n) is 1.24. The molecule has 1 rings (SSSR count). The van der Waals surface area contributed by atoms with E-state index in [1.54, 1.807) is 0 Å². The molecule has 0 saturated heterocycles. The molecule has 0 unspecified atom stereocenters. The first kappa shape index (κ1) is 6.47. The molecule has 1 aliphatic carbocycles. The lowest BCUT2D eigenvalue weighted by atomic mass is 9.91. The van der Waals surface area contributed by atoms with Crippen LogP contribution in [0.1, 0.15) is 32.6 Å². The number of hydrogen-bond donors (Lipinski definition) is 1. The molecule has 0 amide bonds. The number of rotatable bonds is 0. The molecule has 1 fully saturated rings. The SMILES string of the molecule is CC1CCC(S)CC1. The zero-order chi connectivity index (χ0) is 5.98. The monoisotopic (exact) mass is 130 g/mol. The first-order valence-corrected chi connectivity index (χ1v) is 3.98. The average Bonchev–Trinajstić information content (AvgIpc) is 1.77. The Morgan fingerprint density at radius 3 is 2.00 bits per heavy atom. The zero-order valence-electron chi connectivity index (χ0n) is 5.43. The smallest absolute Gasteiger partial charge is 0.00170 e. The molecule has 0 heterocycles. The highest BCUT2D eigenvalue weighted by Crippen LogP contribution is 2.26. The van der Waals surface area contributed by atoms with E-state index in [2.05, 4.69) is 19.6 Å². The zero-order valence-corrected chi connectivity index (χ0v) is 6.32.